The van der Waals surface area contributed by atoms with Crippen LogP contribution in [0.5, 0.6) is 0 Å². The maximum atomic E-state index is 14.0. The molecule has 5 heterocycles. The highest BCUT2D eigenvalue weighted by atomic mass is 16.7. The van der Waals surface area contributed by atoms with E-state index in [1.807, 2.05) is 20.8 Å². The van der Waals surface area contributed by atoms with Crippen molar-refractivity contribution in [2.45, 2.75) is 190 Å². The van der Waals surface area contributed by atoms with E-state index in [9.17, 15) is 9.90 Å². The molecule has 9 heteroatoms. The van der Waals surface area contributed by atoms with E-state index < -0.39 is 28.5 Å². The molecule has 7 fully saturated rings. The van der Waals surface area contributed by atoms with Crippen molar-refractivity contribution in [1.82, 2.24) is 9.97 Å². The van der Waals surface area contributed by atoms with Crippen molar-refractivity contribution in [3.8, 4) is 0 Å². The molecule has 3 saturated carbocycles. The molecule has 0 bridgehead atoms. The van der Waals surface area contributed by atoms with E-state index >= 15 is 0 Å². The molecule has 0 amide bonds. The van der Waals surface area contributed by atoms with Crippen molar-refractivity contribution < 1.29 is 33.6 Å². The van der Waals surface area contributed by atoms with Gasteiger partial charge in [0.2, 0.25) is 0 Å². The van der Waals surface area contributed by atoms with Gasteiger partial charge < -0.3 is 28.8 Å². The summed E-state index contributed by atoms with van der Waals surface area (Å²) in [6.07, 6.45) is 20.3. The molecule has 8 aliphatic carbocycles. The zero-order chi connectivity index (χ0) is 47.5. The number of aromatic nitrogens is 2. The van der Waals surface area contributed by atoms with E-state index in [0.29, 0.717) is 41.4 Å². The number of aliphatic hydroxyl groups is 1. The fourth-order valence-electron chi connectivity index (χ4n) is 19.0. The number of rotatable bonds is 1. The molecule has 12 aliphatic rings. The number of nitrogens with zero attached hydrogens (tertiary/aromatic N) is 2. The molecule has 0 unspecified atom stereocenters. The Kier molecular flexibility index (Phi) is 9.77. The van der Waals surface area contributed by atoms with Crippen molar-refractivity contribution in [1.29, 1.82) is 0 Å². The first-order valence-electron chi connectivity index (χ1n) is 27.7. The van der Waals surface area contributed by atoms with Crippen LogP contribution in [-0.2, 0) is 54.2 Å². The summed E-state index contributed by atoms with van der Waals surface area (Å²) in [6.45, 7) is 26.5. The summed E-state index contributed by atoms with van der Waals surface area (Å²) in [5, 5.41) is 12.5. The minimum Gasteiger partial charge on any atom is -0.430 e. The van der Waals surface area contributed by atoms with Crippen LogP contribution >= 0.6 is 0 Å². The first-order chi connectivity index (χ1) is 32.1. The summed E-state index contributed by atoms with van der Waals surface area (Å²) in [5.41, 5.74) is 6.41. The number of allylic oxidation sites excluding steroid dienone is 2. The van der Waals surface area contributed by atoms with Gasteiger partial charge in [-0.3, -0.25) is 14.8 Å². The quantitative estimate of drug-likeness (QED) is 0.217. The minimum atomic E-state index is -0.630. The minimum absolute atomic E-state index is 0.0153. The first-order valence-corrected chi connectivity index (χ1v) is 27.7. The van der Waals surface area contributed by atoms with Crippen LogP contribution in [0.25, 0.3) is 0 Å². The van der Waals surface area contributed by atoms with Gasteiger partial charge in [0, 0.05) is 41.9 Å². The topological polar surface area (TPSA) is 109 Å². The number of hydrogen-bond donors (Lipinski definition) is 1. The Labute approximate surface area is 406 Å². The molecule has 0 radical (unpaired) electrons. The fraction of sp³-hybridized carbons (Fsp3) is 0.814. The smallest absolute Gasteiger partial charge is 0.316 e. The Balaban J connectivity index is 0.795. The fourth-order valence-corrected chi connectivity index (χ4v) is 19.0. The summed E-state index contributed by atoms with van der Waals surface area (Å²) >= 11 is 0. The first kappa shape index (κ1) is 45.4. The van der Waals surface area contributed by atoms with Crippen molar-refractivity contribution in [3.63, 3.8) is 0 Å². The molecule has 13 rings (SSSR count). The second-order valence-corrected chi connectivity index (χ2v) is 27.7. The van der Waals surface area contributed by atoms with Crippen LogP contribution in [0.1, 0.15) is 157 Å². The van der Waals surface area contributed by atoms with E-state index in [2.05, 4.69) is 73.6 Å². The highest BCUT2D eigenvalue weighted by Crippen LogP contribution is 2.71. The van der Waals surface area contributed by atoms with Gasteiger partial charge in [-0.15, -0.1) is 0 Å². The second-order valence-electron chi connectivity index (χ2n) is 27.7. The van der Waals surface area contributed by atoms with Gasteiger partial charge in [-0.05, 0) is 163 Å². The van der Waals surface area contributed by atoms with Crippen LogP contribution in [-0.4, -0.2) is 64.1 Å². The molecule has 4 aliphatic heterocycles. The van der Waals surface area contributed by atoms with Crippen LogP contribution < -0.4 is 0 Å². The molecule has 68 heavy (non-hydrogen) atoms. The maximum Gasteiger partial charge on any atom is 0.316 e. The third kappa shape index (κ3) is 5.89. The highest BCUT2D eigenvalue weighted by Gasteiger charge is 2.71. The van der Waals surface area contributed by atoms with Gasteiger partial charge in [-0.25, -0.2) is 0 Å². The van der Waals surface area contributed by atoms with Gasteiger partial charge in [0.05, 0.1) is 65.1 Å². The van der Waals surface area contributed by atoms with Crippen LogP contribution in [0.3, 0.4) is 0 Å². The number of esters is 1. The maximum absolute atomic E-state index is 14.0. The molecule has 2 spiro atoms. The Bertz CT molecular complexity index is 2400. The number of carbonyl (C=O) groups is 1. The molecule has 9 nitrogen and oxygen atoms in total. The predicted molar refractivity (Wildman–Crippen MR) is 258 cm³/mol. The average molecular weight is 931 g/mol. The van der Waals surface area contributed by atoms with Gasteiger partial charge in [-0.2, -0.15) is 0 Å². The third-order valence-corrected chi connectivity index (χ3v) is 23.2. The number of ether oxygens (including phenoxy) is 5. The number of carbonyl (C=O) groups excluding carboxylic acids is 1. The Hall–Kier alpha value is -2.43. The number of aliphatic hydroxyl groups excluding tert-OH is 1. The SMILES string of the molecule is C[C@H]1CC[C@@]2(OC1)O[C@H]1C=C3[C@@H]4CC[C@H]5Cc6nc7c(nc6C[C@]5(C)[C@H]4C=C(OC(=O)C(C)(C)C)[C@]3(C)[C@H]1[C@@H]2C)C[C@@H]1CC[C@H]2C3=C[C@@H]4O[C@]5(CC[C@H](C)CO5)[C@@H](C)[C@@H]4[C@@]3(C)[C@H](O)C[C@@H]2[C@@]1(C)C7. The lowest BCUT2D eigenvalue weighted by Crippen LogP contribution is -2.58. The molecular formula is C59H82N2O7. The standard InChI is InChI=1S/C59H82N2O7/c1-30-16-18-58(64-28-30)32(3)50-46(67-58)22-40-36-14-12-34-20-42-44(26-54(34,8)38(36)24-48(62)56(40,50)10)60-43-21-35-13-15-37-39(55(35,9)27-45(43)61-42)25-49(66-52(63)53(5,6)7)57(11)41(37)23-47-51(57)33(4)59(68-47)19-17-31(2)29-65-59/h22-23,25,30-39,46-48,50-51,62H,12-21,24,26-29H2,1-11H3/t30-,31-,32-,33-,34-,35-,36+,37+,38-,39-,46-,47-,48+,50-,51-,54-,55-,56+,57+,58+,59+/m0/s1. The van der Waals surface area contributed by atoms with Crippen LogP contribution in [0.4, 0.5) is 0 Å². The summed E-state index contributed by atoms with van der Waals surface area (Å²) in [5.74, 6) is 3.89. The Morgan fingerprint density at radius 3 is 1.82 bits per heavy atom. The van der Waals surface area contributed by atoms with E-state index in [0.717, 1.165) is 89.6 Å². The van der Waals surface area contributed by atoms with Gasteiger partial charge in [-0.1, -0.05) is 71.8 Å². The number of hydrogen-bond acceptors (Lipinski definition) is 9. The lowest BCUT2D eigenvalue weighted by Gasteiger charge is -2.60. The lowest BCUT2D eigenvalue weighted by molar-refractivity contribution is -0.265. The molecule has 0 aromatic carbocycles. The van der Waals surface area contributed by atoms with Crippen molar-refractivity contribution in [2.24, 2.45) is 98.1 Å². The monoisotopic (exact) mass is 931 g/mol. The molecule has 1 aromatic rings. The lowest BCUT2D eigenvalue weighted by atomic mass is 9.45. The molecule has 1 N–H and O–H groups in total. The molecule has 21 atom stereocenters. The molecule has 370 valence electrons. The van der Waals surface area contributed by atoms with Gasteiger partial charge in [0.1, 0.15) is 5.76 Å². The van der Waals surface area contributed by atoms with E-state index in [-0.39, 0.29) is 64.0 Å². The van der Waals surface area contributed by atoms with E-state index in [4.69, 9.17) is 33.7 Å². The normalized spacial score (nSPS) is 52.7. The molecular weight excluding hydrogens is 849 g/mol. The molecule has 4 saturated heterocycles. The summed E-state index contributed by atoms with van der Waals surface area (Å²) in [6, 6.07) is 0. The van der Waals surface area contributed by atoms with Crippen LogP contribution in [0, 0.1) is 98.1 Å². The largest absolute Gasteiger partial charge is 0.430 e. The zero-order valence-electron chi connectivity index (χ0n) is 43.3. The number of fused-ring (bicyclic) bond motifs is 16. The molecule has 1 aromatic heterocycles. The predicted octanol–water partition coefficient (Wildman–Crippen LogP) is 10.7. The van der Waals surface area contributed by atoms with Gasteiger partial charge in [0.15, 0.2) is 11.6 Å². The van der Waals surface area contributed by atoms with Crippen molar-refractivity contribution in [2.75, 3.05) is 13.2 Å². The van der Waals surface area contributed by atoms with E-state index in [1.165, 1.54) is 46.8 Å². The van der Waals surface area contributed by atoms with Crippen LogP contribution in [0.15, 0.2) is 35.1 Å². The summed E-state index contributed by atoms with van der Waals surface area (Å²) < 4.78 is 34.1. The second kappa shape index (κ2) is 14.6. The third-order valence-electron chi connectivity index (χ3n) is 23.2. The van der Waals surface area contributed by atoms with Crippen molar-refractivity contribution in [3.05, 3.63) is 57.9 Å². The van der Waals surface area contributed by atoms with Gasteiger partial charge in [0.25, 0.3) is 0 Å². The van der Waals surface area contributed by atoms with E-state index in [1.54, 1.807) is 0 Å². The average Bonchev–Trinajstić information content (AvgIpc) is 3.94. The summed E-state index contributed by atoms with van der Waals surface area (Å²) in [4.78, 5) is 25.4. The Morgan fingerprint density at radius 2 is 1.24 bits per heavy atom. The van der Waals surface area contributed by atoms with Crippen LogP contribution in [0.2, 0.25) is 0 Å². The highest BCUT2D eigenvalue weighted by molar-refractivity contribution is 5.77. The Morgan fingerprint density at radius 1 is 0.691 bits per heavy atom. The van der Waals surface area contributed by atoms with Crippen molar-refractivity contribution >= 4 is 5.97 Å². The summed E-state index contributed by atoms with van der Waals surface area (Å²) in [7, 11) is 0. The van der Waals surface area contributed by atoms with Gasteiger partial charge >= 0.3 is 5.97 Å². The zero-order valence-corrected chi connectivity index (χ0v) is 43.3.